The van der Waals surface area contributed by atoms with E-state index in [9.17, 15) is 5.11 Å². The van der Waals surface area contributed by atoms with Crippen molar-refractivity contribution >= 4 is 11.5 Å². The molecule has 0 aromatic carbocycles. The minimum Gasteiger partial charge on any atom is -0.387 e. The van der Waals surface area contributed by atoms with E-state index in [0.717, 1.165) is 29.3 Å². The van der Waals surface area contributed by atoms with Crippen LogP contribution in [0, 0.1) is 17.8 Å². The van der Waals surface area contributed by atoms with Gasteiger partial charge in [0.25, 0.3) is 0 Å². The molecule has 3 nitrogen and oxygen atoms in total. The summed E-state index contributed by atoms with van der Waals surface area (Å²) in [5, 5.41) is 14.8. The SMILES string of the molecule is CC(C)c1nnsc1C(O)C1CCC(C)C(C)C1. The molecule has 102 valence electrons. The van der Waals surface area contributed by atoms with E-state index in [1.165, 1.54) is 18.0 Å². The Labute approximate surface area is 114 Å². The maximum absolute atomic E-state index is 10.6. The lowest BCUT2D eigenvalue weighted by Crippen LogP contribution is -2.25. The van der Waals surface area contributed by atoms with Crippen LogP contribution < -0.4 is 0 Å². The summed E-state index contributed by atoms with van der Waals surface area (Å²) >= 11 is 1.37. The van der Waals surface area contributed by atoms with Gasteiger partial charge in [0.05, 0.1) is 16.7 Å². The van der Waals surface area contributed by atoms with Crippen LogP contribution in [0.1, 0.15) is 69.6 Å². The maximum Gasteiger partial charge on any atom is 0.0945 e. The third kappa shape index (κ3) is 2.75. The summed E-state index contributed by atoms with van der Waals surface area (Å²) in [5.41, 5.74) is 0.985. The van der Waals surface area contributed by atoms with Crippen molar-refractivity contribution in [1.82, 2.24) is 9.59 Å². The van der Waals surface area contributed by atoms with Crippen molar-refractivity contribution in [2.75, 3.05) is 0 Å². The lowest BCUT2D eigenvalue weighted by Gasteiger charge is -2.34. The molecule has 1 heterocycles. The molecular weight excluding hydrogens is 244 g/mol. The average molecular weight is 268 g/mol. The molecule has 1 aromatic rings. The summed E-state index contributed by atoms with van der Waals surface area (Å²) in [6.45, 7) is 8.84. The van der Waals surface area contributed by atoms with Crippen LogP contribution in [0.25, 0.3) is 0 Å². The molecule has 4 heteroatoms. The second-order valence-electron chi connectivity index (χ2n) is 6.15. The van der Waals surface area contributed by atoms with Crippen LogP contribution in [-0.2, 0) is 0 Å². The van der Waals surface area contributed by atoms with E-state index in [-0.39, 0.29) is 6.10 Å². The zero-order valence-electron chi connectivity index (χ0n) is 11.8. The van der Waals surface area contributed by atoms with Gasteiger partial charge in [0, 0.05) is 0 Å². The Kier molecular flexibility index (Phi) is 4.38. The van der Waals surface area contributed by atoms with E-state index >= 15 is 0 Å². The van der Waals surface area contributed by atoms with Crippen molar-refractivity contribution in [2.24, 2.45) is 17.8 Å². The molecule has 1 aliphatic rings. The van der Waals surface area contributed by atoms with Crippen molar-refractivity contribution in [3.63, 3.8) is 0 Å². The lowest BCUT2D eigenvalue weighted by atomic mass is 9.73. The minimum absolute atomic E-state index is 0.341. The topological polar surface area (TPSA) is 46.0 Å². The van der Waals surface area contributed by atoms with Gasteiger partial charge in [-0.3, -0.25) is 0 Å². The third-order valence-corrected chi connectivity index (χ3v) is 5.25. The molecule has 4 unspecified atom stereocenters. The van der Waals surface area contributed by atoms with E-state index in [4.69, 9.17) is 0 Å². The fourth-order valence-electron chi connectivity index (χ4n) is 2.90. The molecule has 1 aromatic heterocycles. The zero-order valence-corrected chi connectivity index (χ0v) is 12.6. The second-order valence-corrected chi connectivity index (χ2v) is 6.94. The number of rotatable bonds is 3. The fraction of sp³-hybridized carbons (Fsp3) is 0.857. The van der Waals surface area contributed by atoms with Crippen LogP contribution in [0.15, 0.2) is 0 Å². The van der Waals surface area contributed by atoms with E-state index in [1.807, 2.05) is 0 Å². The molecule has 1 aliphatic carbocycles. The van der Waals surface area contributed by atoms with E-state index in [1.54, 1.807) is 0 Å². The summed E-state index contributed by atoms with van der Waals surface area (Å²) in [4.78, 5) is 0.997. The van der Waals surface area contributed by atoms with Crippen LogP contribution in [0.3, 0.4) is 0 Å². The van der Waals surface area contributed by atoms with Crippen LogP contribution in [0.4, 0.5) is 0 Å². The first-order chi connectivity index (χ1) is 8.50. The summed E-state index contributed by atoms with van der Waals surface area (Å²) in [6.07, 6.45) is 3.11. The van der Waals surface area contributed by atoms with Gasteiger partial charge in [0.1, 0.15) is 0 Å². The molecule has 0 radical (unpaired) electrons. The molecular formula is C14H24N2OS. The average Bonchev–Trinajstić information content (AvgIpc) is 2.81. The number of aromatic nitrogens is 2. The van der Waals surface area contributed by atoms with E-state index in [2.05, 4.69) is 37.3 Å². The summed E-state index contributed by atoms with van der Waals surface area (Å²) in [7, 11) is 0. The predicted molar refractivity (Wildman–Crippen MR) is 74.6 cm³/mol. The highest BCUT2D eigenvalue weighted by molar-refractivity contribution is 7.05. The smallest absolute Gasteiger partial charge is 0.0945 e. The fourth-order valence-corrected chi connectivity index (χ4v) is 3.79. The normalized spacial score (nSPS) is 30.7. The Bertz CT molecular complexity index is 391. The quantitative estimate of drug-likeness (QED) is 0.907. The molecule has 0 aliphatic heterocycles. The monoisotopic (exact) mass is 268 g/mol. The minimum atomic E-state index is -0.364. The number of aliphatic hydroxyl groups excluding tert-OH is 1. The van der Waals surface area contributed by atoms with Crippen LogP contribution in [0.2, 0.25) is 0 Å². The van der Waals surface area contributed by atoms with Gasteiger partial charge in [-0.1, -0.05) is 38.6 Å². The Morgan fingerprint density at radius 2 is 1.94 bits per heavy atom. The highest BCUT2D eigenvalue weighted by Crippen LogP contribution is 2.41. The predicted octanol–water partition coefficient (Wildman–Crippen LogP) is 3.77. The molecule has 0 bridgehead atoms. The third-order valence-electron chi connectivity index (χ3n) is 4.44. The van der Waals surface area contributed by atoms with Gasteiger partial charge in [-0.15, -0.1) is 5.10 Å². The van der Waals surface area contributed by atoms with Gasteiger partial charge in [-0.2, -0.15) is 0 Å². The van der Waals surface area contributed by atoms with Crippen molar-refractivity contribution in [3.05, 3.63) is 10.6 Å². The van der Waals surface area contributed by atoms with Crippen molar-refractivity contribution in [2.45, 2.75) is 59.0 Å². The molecule has 1 fully saturated rings. The molecule has 0 saturated heterocycles. The first-order valence-corrected chi connectivity index (χ1v) is 7.78. The van der Waals surface area contributed by atoms with Crippen molar-refractivity contribution < 1.29 is 5.11 Å². The largest absolute Gasteiger partial charge is 0.387 e. The van der Waals surface area contributed by atoms with Gasteiger partial charge < -0.3 is 5.11 Å². The summed E-state index contributed by atoms with van der Waals surface area (Å²) < 4.78 is 4.02. The van der Waals surface area contributed by atoms with Crippen LogP contribution >= 0.6 is 11.5 Å². The number of hydrogen-bond donors (Lipinski definition) is 1. The Hall–Kier alpha value is -0.480. The molecule has 18 heavy (non-hydrogen) atoms. The van der Waals surface area contributed by atoms with Crippen LogP contribution in [-0.4, -0.2) is 14.7 Å². The number of nitrogens with zero attached hydrogens (tertiary/aromatic N) is 2. The number of hydrogen-bond acceptors (Lipinski definition) is 4. The molecule has 1 N–H and O–H groups in total. The van der Waals surface area contributed by atoms with Gasteiger partial charge in [0.15, 0.2) is 0 Å². The standard InChI is InChI=1S/C14H24N2OS/c1-8(2)12-14(18-16-15-12)13(17)11-6-5-9(3)10(4)7-11/h8-11,13,17H,5-7H2,1-4H3. The number of aliphatic hydroxyl groups is 1. The molecule has 2 rings (SSSR count). The molecule has 1 saturated carbocycles. The maximum atomic E-state index is 10.6. The first-order valence-electron chi connectivity index (χ1n) is 7.00. The van der Waals surface area contributed by atoms with Crippen molar-refractivity contribution in [3.8, 4) is 0 Å². The highest BCUT2D eigenvalue weighted by atomic mass is 32.1. The van der Waals surface area contributed by atoms with E-state index < -0.39 is 0 Å². The molecule has 0 amide bonds. The molecule has 0 spiro atoms. The van der Waals surface area contributed by atoms with Gasteiger partial charge in [0.2, 0.25) is 0 Å². The highest BCUT2D eigenvalue weighted by Gasteiger charge is 2.32. The zero-order chi connectivity index (χ0) is 13.3. The Morgan fingerprint density at radius 3 is 2.56 bits per heavy atom. The summed E-state index contributed by atoms with van der Waals surface area (Å²) in [5.74, 6) is 2.23. The molecule has 4 atom stereocenters. The Balaban J connectivity index is 2.11. The Morgan fingerprint density at radius 1 is 1.22 bits per heavy atom. The van der Waals surface area contributed by atoms with Gasteiger partial charge in [-0.25, -0.2) is 0 Å². The lowest BCUT2D eigenvalue weighted by molar-refractivity contribution is 0.0577. The van der Waals surface area contributed by atoms with Gasteiger partial charge >= 0.3 is 0 Å². The van der Waals surface area contributed by atoms with Crippen LogP contribution in [0.5, 0.6) is 0 Å². The first kappa shape index (κ1) is 13.9. The summed E-state index contributed by atoms with van der Waals surface area (Å²) in [6, 6.07) is 0. The van der Waals surface area contributed by atoms with Crippen molar-refractivity contribution in [1.29, 1.82) is 0 Å². The second kappa shape index (κ2) is 5.66. The van der Waals surface area contributed by atoms with E-state index in [0.29, 0.717) is 17.8 Å². The van der Waals surface area contributed by atoms with Gasteiger partial charge in [-0.05, 0) is 48.0 Å².